The van der Waals surface area contributed by atoms with Crippen molar-refractivity contribution in [2.24, 2.45) is 5.92 Å². The lowest BCUT2D eigenvalue weighted by molar-refractivity contribution is 0.0675. The molecule has 1 unspecified atom stereocenters. The van der Waals surface area contributed by atoms with Crippen molar-refractivity contribution < 1.29 is 9.90 Å². The molecule has 0 saturated carbocycles. The second-order valence-corrected chi connectivity index (χ2v) is 3.63. The Balaban J connectivity index is 2.41. The van der Waals surface area contributed by atoms with E-state index in [-0.39, 0.29) is 5.82 Å². The average molecular weight is 180 g/mol. The van der Waals surface area contributed by atoms with Gasteiger partial charge in [0.05, 0.1) is 0 Å². The summed E-state index contributed by atoms with van der Waals surface area (Å²) in [6, 6.07) is 0. The number of aromatic carboxylic acids is 1. The second-order valence-electron chi connectivity index (χ2n) is 3.63. The standard InChI is InChI=1S/C9H12N2O2/c1-6-2-3-7-4-10-8(9(12)13)11(7)5-6/h4,6H,2-3,5H2,1H3,(H,12,13). The first-order valence-corrected chi connectivity index (χ1v) is 4.46. The van der Waals surface area contributed by atoms with Crippen molar-refractivity contribution in [3.63, 3.8) is 0 Å². The monoisotopic (exact) mass is 180 g/mol. The number of aryl methyl sites for hydroxylation is 1. The van der Waals surface area contributed by atoms with Crippen molar-refractivity contribution in [1.82, 2.24) is 9.55 Å². The molecular formula is C9H12N2O2. The van der Waals surface area contributed by atoms with Gasteiger partial charge in [0.15, 0.2) is 0 Å². The Morgan fingerprint density at radius 3 is 3.23 bits per heavy atom. The summed E-state index contributed by atoms with van der Waals surface area (Å²) in [5.41, 5.74) is 1.05. The summed E-state index contributed by atoms with van der Waals surface area (Å²) in [4.78, 5) is 14.7. The first-order chi connectivity index (χ1) is 6.18. The Morgan fingerprint density at radius 1 is 1.77 bits per heavy atom. The van der Waals surface area contributed by atoms with Gasteiger partial charge in [0.25, 0.3) is 0 Å². The van der Waals surface area contributed by atoms with Crippen LogP contribution in [0.3, 0.4) is 0 Å². The smallest absolute Gasteiger partial charge is 0.372 e. The minimum atomic E-state index is -0.930. The Bertz CT molecular complexity index is 343. The zero-order chi connectivity index (χ0) is 9.42. The SMILES string of the molecule is CC1CCc2cnc(C(=O)O)n2C1. The minimum absolute atomic E-state index is 0.182. The Hall–Kier alpha value is -1.32. The number of carboxylic acids is 1. The van der Waals surface area contributed by atoms with Crippen LogP contribution in [0.2, 0.25) is 0 Å². The highest BCUT2D eigenvalue weighted by molar-refractivity contribution is 5.83. The summed E-state index contributed by atoms with van der Waals surface area (Å²) in [5.74, 6) is -0.193. The van der Waals surface area contributed by atoms with Crippen LogP contribution in [0.4, 0.5) is 0 Å². The molecule has 70 valence electrons. The molecule has 1 aromatic rings. The van der Waals surface area contributed by atoms with E-state index in [1.807, 2.05) is 4.57 Å². The van der Waals surface area contributed by atoms with Gasteiger partial charge in [-0.05, 0) is 18.8 Å². The third-order valence-corrected chi connectivity index (χ3v) is 2.52. The molecule has 1 atom stereocenters. The van der Waals surface area contributed by atoms with Gasteiger partial charge in [-0.3, -0.25) is 0 Å². The maximum Gasteiger partial charge on any atom is 0.372 e. The van der Waals surface area contributed by atoms with Crippen molar-refractivity contribution in [1.29, 1.82) is 0 Å². The number of rotatable bonds is 1. The molecule has 1 aliphatic rings. The van der Waals surface area contributed by atoms with Crippen LogP contribution in [0.5, 0.6) is 0 Å². The number of carbonyl (C=O) groups is 1. The highest BCUT2D eigenvalue weighted by atomic mass is 16.4. The van der Waals surface area contributed by atoms with Crippen molar-refractivity contribution in [3.05, 3.63) is 17.7 Å². The summed E-state index contributed by atoms with van der Waals surface area (Å²) in [6.45, 7) is 2.92. The van der Waals surface area contributed by atoms with E-state index in [1.54, 1.807) is 6.20 Å². The molecule has 4 heteroatoms. The molecule has 0 aromatic carbocycles. The molecule has 2 rings (SSSR count). The molecular weight excluding hydrogens is 168 g/mol. The summed E-state index contributed by atoms with van der Waals surface area (Å²) >= 11 is 0. The van der Waals surface area contributed by atoms with Gasteiger partial charge in [0.1, 0.15) is 0 Å². The molecule has 0 amide bonds. The van der Waals surface area contributed by atoms with Crippen molar-refractivity contribution >= 4 is 5.97 Å². The van der Waals surface area contributed by atoms with E-state index in [4.69, 9.17) is 5.11 Å². The van der Waals surface area contributed by atoms with E-state index in [9.17, 15) is 4.79 Å². The van der Waals surface area contributed by atoms with Gasteiger partial charge in [-0.15, -0.1) is 0 Å². The van der Waals surface area contributed by atoms with Gasteiger partial charge in [-0.1, -0.05) is 6.92 Å². The molecule has 0 spiro atoms. The van der Waals surface area contributed by atoms with Crippen molar-refractivity contribution in [3.8, 4) is 0 Å². The molecule has 4 nitrogen and oxygen atoms in total. The average Bonchev–Trinajstić information content (AvgIpc) is 2.46. The minimum Gasteiger partial charge on any atom is -0.475 e. The normalized spacial score (nSPS) is 21.2. The van der Waals surface area contributed by atoms with Crippen LogP contribution in [0, 0.1) is 5.92 Å². The van der Waals surface area contributed by atoms with E-state index in [1.165, 1.54) is 0 Å². The van der Waals surface area contributed by atoms with Gasteiger partial charge < -0.3 is 9.67 Å². The van der Waals surface area contributed by atoms with Crippen LogP contribution in [0.25, 0.3) is 0 Å². The number of imidazole rings is 1. The third kappa shape index (κ3) is 1.32. The molecule has 0 aliphatic carbocycles. The van der Waals surface area contributed by atoms with Crippen LogP contribution < -0.4 is 0 Å². The molecule has 1 aliphatic heterocycles. The fourth-order valence-electron chi connectivity index (χ4n) is 1.78. The zero-order valence-corrected chi connectivity index (χ0v) is 7.53. The summed E-state index contributed by atoms with van der Waals surface area (Å²) in [7, 11) is 0. The number of fused-ring (bicyclic) bond motifs is 1. The topological polar surface area (TPSA) is 55.1 Å². The highest BCUT2D eigenvalue weighted by Gasteiger charge is 2.21. The van der Waals surface area contributed by atoms with Crippen LogP contribution in [0.15, 0.2) is 6.20 Å². The van der Waals surface area contributed by atoms with E-state index in [0.717, 1.165) is 25.1 Å². The number of carboxylic acid groups (broad SMARTS) is 1. The predicted octanol–water partition coefficient (Wildman–Crippen LogP) is 1.16. The molecule has 0 radical (unpaired) electrons. The number of aromatic nitrogens is 2. The molecule has 0 saturated heterocycles. The van der Waals surface area contributed by atoms with Crippen LogP contribution >= 0.6 is 0 Å². The number of nitrogens with zero attached hydrogens (tertiary/aromatic N) is 2. The van der Waals surface area contributed by atoms with E-state index < -0.39 is 5.97 Å². The Labute approximate surface area is 76.2 Å². The molecule has 1 N–H and O–H groups in total. The fourth-order valence-corrected chi connectivity index (χ4v) is 1.78. The Kier molecular flexibility index (Phi) is 1.83. The largest absolute Gasteiger partial charge is 0.475 e. The van der Waals surface area contributed by atoms with Gasteiger partial charge in [0.2, 0.25) is 5.82 Å². The second kappa shape index (κ2) is 2.87. The molecule has 2 heterocycles. The lowest BCUT2D eigenvalue weighted by atomic mass is 10.0. The number of hydrogen-bond donors (Lipinski definition) is 1. The lowest BCUT2D eigenvalue weighted by Crippen LogP contribution is -2.21. The molecule has 0 fully saturated rings. The van der Waals surface area contributed by atoms with Gasteiger partial charge in [0, 0.05) is 18.4 Å². The third-order valence-electron chi connectivity index (χ3n) is 2.52. The maximum absolute atomic E-state index is 10.8. The van der Waals surface area contributed by atoms with Gasteiger partial charge >= 0.3 is 5.97 Å². The number of hydrogen-bond acceptors (Lipinski definition) is 2. The molecule has 1 aromatic heterocycles. The van der Waals surface area contributed by atoms with Crippen LogP contribution in [-0.2, 0) is 13.0 Å². The maximum atomic E-state index is 10.8. The lowest BCUT2D eigenvalue weighted by Gasteiger charge is -2.21. The predicted molar refractivity (Wildman–Crippen MR) is 46.7 cm³/mol. The summed E-state index contributed by atoms with van der Waals surface area (Å²) in [6.07, 6.45) is 3.75. The van der Waals surface area contributed by atoms with Gasteiger partial charge in [-0.25, -0.2) is 9.78 Å². The Morgan fingerprint density at radius 2 is 2.54 bits per heavy atom. The van der Waals surface area contributed by atoms with E-state index in [0.29, 0.717) is 5.92 Å². The quantitative estimate of drug-likeness (QED) is 0.705. The molecule has 13 heavy (non-hydrogen) atoms. The first kappa shape index (κ1) is 8.29. The van der Waals surface area contributed by atoms with E-state index >= 15 is 0 Å². The fraction of sp³-hybridized carbons (Fsp3) is 0.556. The summed E-state index contributed by atoms with van der Waals surface area (Å²) in [5, 5.41) is 8.83. The van der Waals surface area contributed by atoms with Crippen molar-refractivity contribution in [2.75, 3.05) is 0 Å². The van der Waals surface area contributed by atoms with E-state index in [2.05, 4.69) is 11.9 Å². The van der Waals surface area contributed by atoms with Crippen LogP contribution in [-0.4, -0.2) is 20.6 Å². The van der Waals surface area contributed by atoms with Gasteiger partial charge in [-0.2, -0.15) is 0 Å². The van der Waals surface area contributed by atoms with Crippen LogP contribution in [0.1, 0.15) is 29.7 Å². The molecule has 0 bridgehead atoms. The first-order valence-electron chi connectivity index (χ1n) is 4.46. The van der Waals surface area contributed by atoms with Crippen molar-refractivity contribution in [2.45, 2.75) is 26.3 Å². The highest BCUT2D eigenvalue weighted by Crippen LogP contribution is 2.20. The zero-order valence-electron chi connectivity index (χ0n) is 7.53. The summed E-state index contributed by atoms with van der Waals surface area (Å²) < 4.78 is 1.82.